The van der Waals surface area contributed by atoms with Crippen LogP contribution in [0.4, 0.5) is 0 Å². The standard InChI is InChI=1S/C9H14N2/c1-3-9(10-4-2)11-7-5-6-8-11/h3-4H,1-2,5-8H2. The van der Waals surface area contributed by atoms with Crippen molar-refractivity contribution >= 4 is 5.84 Å². The molecule has 11 heavy (non-hydrogen) atoms. The molecule has 0 atom stereocenters. The van der Waals surface area contributed by atoms with Gasteiger partial charge in [-0.1, -0.05) is 13.2 Å². The fraction of sp³-hybridized carbons (Fsp3) is 0.444. The van der Waals surface area contributed by atoms with Crippen molar-refractivity contribution in [1.29, 1.82) is 0 Å². The molecule has 0 aromatic carbocycles. The minimum Gasteiger partial charge on any atom is -0.357 e. The van der Waals surface area contributed by atoms with Gasteiger partial charge in [0.25, 0.3) is 0 Å². The molecule has 2 heteroatoms. The topological polar surface area (TPSA) is 15.6 Å². The first kappa shape index (κ1) is 8.05. The molecule has 60 valence electrons. The molecule has 0 aromatic heterocycles. The number of hydrogen-bond acceptors (Lipinski definition) is 1. The molecule has 2 nitrogen and oxygen atoms in total. The zero-order chi connectivity index (χ0) is 8.10. The molecule has 1 heterocycles. The van der Waals surface area contributed by atoms with Gasteiger partial charge in [0.05, 0.1) is 0 Å². The van der Waals surface area contributed by atoms with Crippen molar-refractivity contribution in [2.24, 2.45) is 4.99 Å². The van der Waals surface area contributed by atoms with Gasteiger partial charge in [-0.2, -0.15) is 0 Å². The zero-order valence-electron chi connectivity index (χ0n) is 6.79. The van der Waals surface area contributed by atoms with Crippen molar-refractivity contribution in [3.05, 3.63) is 25.4 Å². The highest BCUT2D eigenvalue weighted by molar-refractivity contribution is 5.93. The molecular weight excluding hydrogens is 136 g/mol. The molecule has 0 bridgehead atoms. The second-order valence-electron chi connectivity index (χ2n) is 2.57. The average molecular weight is 150 g/mol. The van der Waals surface area contributed by atoms with Gasteiger partial charge in [0.1, 0.15) is 5.84 Å². The minimum atomic E-state index is 0.956. The molecule has 0 aliphatic carbocycles. The number of nitrogens with zero attached hydrogens (tertiary/aromatic N) is 2. The van der Waals surface area contributed by atoms with Gasteiger partial charge >= 0.3 is 0 Å². The van der Waals surface area contributed by atoms with Gasteiger partial charge < -0.3 is 4.90 Å². The summed E-state index contributed by atoms with van der Waals surface area (Å²) in [7, 11) is 0. The third kappa shape index (κ3) is 1.93. The molecule has 0 saturated carbocycles. The van der Waals surface area contributed by atoms with E-state index in [1.54, 1.807) is 12.3 Å². The number of hydrogen-bond donors (Lipinski definition) is 0. The Morgan fingerprint density at radius 3 is 2.36 bits per heavy atom. The fourth-order valence-electron chi connectivity index (χ4n) is 1.30. The van der Waals surface area contributed by atoms with Crippen LogP contribution in [0.15, 0.2) is 30.4 Å². The van der Waals surface area contributed by atoms with Crippen LogP contribution in [0.1, 0.15) is 12.8 Å². The van der Waals surface area contributed by atoms with Crippen LogP contribution in [-0.4, -0.2) is 23.8 Å². The second-order valence-corrected chi connectivity index (χ2v) is 2.57. The Labute approximate surface area is 67.9 Å². The molecule has 0 aromatic rings. The summed E-state index contributed by atoms with van der Waals surface area (Å²) in [6, 6.07) is 0. The lowest BCUT2D eigenvalue weighted by atomic mass is 10.4. The number of rotatable bonds is 2. The van der Waals surface area contributed by atoms with E-state index in [2.05, 4.69) is 23.1 Å². The highest BCUT2D eigenvalue weighted by atomic mass is 15.2. The number of aliphatic imine (C=N–C) groups is 1. The van der Waals surface area contributed by atoms with Crippen molar-refractivity contribution in [1.82, 2.24) is 4.90 Å². The summed E-state index contributed by atoms with van der Waals surface area (Å²) in [5.41, 5.74) is 0. The molecule has 1 aliphatic rings. The SMILES string of the molecule is C=CN=C(C=C)N1CCCC1. The van der Waals surface area contributed by atoms with E-state index in [4.69, 9.17) is 0 Å². The molecule has 1 rings (SSSR count). The molecule has 0 N–H and O–H groups in total. The van der Waals surface area contributed by atoms with E-state index in [-0.39, 0.29) is 0 Å². The van der Waals surface area contributed by atoms with Gasteiger partial charge in [0.15, 0.2) is 0 Å². The van der Waals surface area contributed by atoms with E-state index < -0.39 is 0 Å². The molecule has 1 saturated heterocycles. The Morgan fingerprint density at radius 2 is 1.91 bits per heavy atom. The van der Waals surface area contributed by atoms with Crippen LogP contribution < -0.4 is 0 Å². The molecular formula is C9H14N2. The van der Waals surface area contributed by atoms with Crippen LogP contribution >= 0.6 is 0 Å². The Hall–Kier alpha value is -1.05. The van der Waals surface area contributed by atoms with E-state index in [9.17, 15) is 0 Å². The average Bonchev–Trinajstić information content (AvgIpc) is 2.52. The van der Waals surface area contributed by atoms with E-state index >= 15 is 0 Å². The quantitative estimate of drug-likeness (QED) is 0.433. The maximum Gasteiger partial charge on any atom is 0.127 e. The lowest BCUT2D eigenvalue weighted by molar-refractivity contribution is 0.522. The Bertz CT molecular complexity index is 176. The van der Waals surface area contributed by atoms with Gasteiger partial charge in [-0.05, 0) is 18.9 Å². The van der Waals surface area contributed by atoms with Crippen LogP contribution in [0.5, 0.6) is 0 Å². The number of amidine groups is 1. The second kappa shape index (κ2) is 3.96. The highest BCUT2D eigenvalue weighted by Crippen LogP contribution is 2.08. The molecule has 0 unspecified atom stereocenters. The van der Waals surface area contributed by atoms with Crippen LogP contribution in [0.2, 0.25) is 0 Å². The van der Waals surface area contributed by atoms with E-state index in [0.717, 1.165) is 18.9 Å². The maximum atomic E-state index is 4.11. The maximum absolute atomic E-state index is 4.11. The lowest BCUT2D eigenvalue weighted by Gasteiger charge is -2.15. The van der Waals surface area contributed by atoms with E-state index in [1.165, 1.54) is 12.8 Å². The largest absolute Gasteiger partial charge is 0.357 e. The Morgan fingerprint density at radius 1 is 1.27 bits per heavy atom. The van der Waals surface area contributed by atoms with Crippen molar-refractivity contribution in [2.75, 3.05) is 13.1 Å². The third-order valence-electron chi connectivity index (χ3n) is 1.84. The molecule has 1 aliphatic heterocycles. The lowest BCUT2D eigenvalue weighted by Crippen LogP contribution is -2.25. The summed E-state index contributed by atoms with van der Waals surface area (Å²) < 4.78 is 0. The number of likely N-dealkylation sites (tertiary alicyclic amines) is 1. The van der Waals surface area contributed by atoms with Gasteiger partial charge in [-0.15, -0.1) is 0 Å². The van der Waals surface area contributed by atoms with Crippen molar-refractivity contribution in [3.63, 3.8) is 0 Å². The molecule has 1 fully saturated rings. The van der Waals surface area contributed by atoms with Crippen LogP contribution in [0.25, 0.3) is 0 Å². The highest BCUT2D eigenvalue weighted by Gasteiger charge is 2.12. The third-order valence-corrected chi connectivity index (χ3v) is 1.84. The van der Waals surface area contributed by atoms with Crippen molar-refractivity contribution in [2.45, 2.75) is 12.8 Å². The molecule has 0 amide bonds. The summed E-state index contributed by atoms with van der Waals surface area (Å²) in [4.78, 5) is 6.34. The van der Waals surface area contributed by atoms with E-state index in [0.29, 0.717) is 0 Å². The molecule has 0 spiro atoms. The summed E-state index contributed by atoms with van der Waals surface area (Å²) >= 11 is 0. The van der Waals surface area contributed by atoms with Crippen LogP contribution in [-0.2, 0) is 0 Å². The molecule has 0 radical (unpaired) electrons. The summed E-state index contributed by atoms with van der Waals surface area (Å²) in [5.74, 6) is 0.956. The predicted molar refractivity (Wildman–Crippen MR) is 48.6 cm³/mol. The van der Waals surface area contributed by atoms with Crippen molar-refractivity contribution < 1.29 is 0 Å². The summed E-state index contributed by atoms with van der Waals surface area (Å²) in [5, 5.41) is 0. The minimum absolute atomic E-state index is 0.956. The van der Waals surface area contributed by atoms with Gasteiger partial charge in [-0.3, -0.25) is 0 Å². The Kier molecular flexibility index (Phi) is 2.90. The Balaban J connectivity index is 2.60. The fourth-order valence-corrected chi connectivity index (χ4v) is 1.30. The van der Waals surface area contributed by atoms with Crippen LogP contribution in [0, 0.1) is 0 Å². The summed E-state index contributed by atoms with van der Waals surface area (Å²) in [6.45, 7) is 9.48. The monoisotopic (exact) mass is 150 g/mol. The first-order chi connectivity index (χ1) is 5.38. The first-order valence-electron chi connectivity index (χ1n) is 3.94. The normalized spacial score (nSPS) is 18.5. The van der Waals surface area contributed by atoms with Crippen LogP contribution in [0.3, 0.4) is 0 Å². The van der Waals surface area contributed by atoms with Gasteiger partial charge in [0.2, 0.25) is 0 Å². The van der Waals surface area contributed by atoms with Gasteiger partial charge in [0, 0.05) is 19.3 Å². The first-order valence-corrected chi connectivity index (χ1v) is 3.94. The van der Waals surface area contributed by atoms with E-state index in [1.807, 2.05) is 0 Å². The van der Waals surface area contributed by atoms with Crippen molar-refractivity contribution in [3.8, 4) is 0 Å². The smallest absolute Gasteiger partial charge is 0.127 e. The predicted octanol–water partition coefficient (Wildman–Crippen LogP) is 1.81. The summed E-state index contributed by atoms with van der Waals surface area (Å²) in [6.07, 6.45) is 5.89. The van der Waals surface area contributed by atoms with Gasteiger partial charge in [-0.25, -0.2) is 4.99 Å². The zero-order valence-corrected chi connectivity index (χ0v) is 6.79.